The fourth-order valence-electron chi connectivity index (χ4n) is 2.70. The Balaban J connectivity index is 1.63. The topological polar surface area (TPSA) is 36.4 Å². The number of carbonyl (C=O) groups excluding carboxylic acids is 1. The number of hydrogen-bond acceptors (Lipinski definition) is 4. The number of halogens is 1. The van der Waals surface area contributed by atoms with Crippen LogP contribution >= 0.6 is 11.3 Å². The van der Waals surface area contributed by atoms with Crippen molar-refractivity contribution in [2.24, 2.45) is 0 Å². The van der Waals surface area contributed by atoms with Crippen LogP contribution in [0.1, 0.15) is 35.5 Å². The molecule has 1 aliphatic rings. The average molecular weight is 347 g/mol. The van der Waals surface area contributed by atoms with Gasteiger partial charge in [-0.1, -0.05) is 20.8 Å². The van der Waals surface area contributed by atoms with E-state index in [9.17, 15) is 9.18 Å². The van der Waals surface area contributed by atoms with Crippen LogP contribution in [0, 0.1) is 5.82 Å². The lowest BCUT2D eigenvalue weighted by molar-refractivity contribution is 0.0751. The Labute approximate surface area is 145 Å². The monoisotopic (exact) mass is 347 g/mol. The Kier molecular flexibility index (Phi) is 4.58. The van der Waals surface area contributed by atoms with Gasteiger partial charge in [0.1, 0.15) is 10.7 Å². The largest absolute Gasteiger partial charge is 0.368 e. The first-order chi connectivity index (χ1) is 11.3. The minimum absolute atomic E-state index is 0.0372. The minimum Gasteiger partial charge on any atom is -0.368 e. The number of thiazole rings is 1. The lowest BCUT2D eigenvalue weighted by Crippen LogP contribution is -2.48. The van der Waals surface area contributed by atoms with E-state index < -0.39 is 0 Å². The average Bonchev–Trinajstić information content (AvgIpc) is 3.05. The van der Waals surface area contributed by atoms with Gasteiger partial charge >= 0.3 is 0 Å². The van der Waals surface area contributed by atoms with Crippen LogP contribution in [0.5, 0.6) is 0 Å². The highest BCUT2D eigenvalue weighted by Gasteiger charge is 2.26. The highest BCUT2D eigenvalue weighted by molar-refractivity contribution is 7.13. The first-order valence-corrected chi connectivity index (χ1v) is 8.92. The Morgan fingerprint density at radius 2 is 1.75 bits per heavy atom. The molecule has 1 saturated heterocycles. The van der Waals surface area contributed by atoms with Crippen LogP contribution in [0.4, 0.5) is 10.1 Å². The van der Waals surface area contributed by atoms with Crippen molar-refractivity contribution < 1.29 is 9.18 Å². The number of aromatic nitrogens is 1. The molecule has 0 N–H and O–H groups in total. The fraction of sp³-hybridized carbons (Fsp3) is 0.444. The quantitative estimate of drug-likeness (QED) is 0.834. The number of carbonyl (C=O) groups is 1. The molecule has 0 bridgehead atoms. The molecular formula is C18H22FN3OS. The zero-order valence-electron chi connectivity index (χ0n) is 14.3. The van der Waals surface area contributed by atoms with Crippen molar-refractivity contribution in [2.75, 3.05) is 31.1 Å². The number of rotatable bonds is 2. The van der Waals surface area contributed by atoms with E-state index in [-0.39, 0.29) is 17.1 Å². The van der Waals surface area contributed by atoms with Crippen LogP contribution in [0.2, 0.25) is 0 Å². The third-order valence-electron chi connectivity index (χ3n) is 4.12. The van der Waals surface area contributed by atoms with Crippen LogP contribution in [0.3, 0.4) is 0 Å². The molecule has 4 nitrogen and oxygen atoms in total. The van der Waals surface area contributed by atoms with Gasteiger partial charge in [0.2, 0.25) is 0 Å². The maximum Gasteiger partial charge on any atom is 0.265 e. The van der Waals surface area contributed by atoms with E-state index in [1.165, 1.54) is 23.5 Å². The summed E-state index contributed by atoms with van der Waals surface area (Å²) in [5, 5.41) is 0.982. The predicted molar refractivity (Wildman–Crippen MR) is 95.3 cm³/mol. The molecule has 1 fully saturated rings. The second kappa shape index (κ2) is 6.51. The molecule has 3 rings (SSSR count). The number of nitrogens with zero attached hydrogens (tertiary/aromatic N) is 3. The van der Waals surface area contributed by atoms with Gasteiger partial charge in [0.25, 0.3) is 5.91 Å². The number of hydrogen-bond donors (Lipinski definition) is 0. The van der Waals surface area contributed by atoms with Gasteiger partial charge < -0.3 is 9.80 Å². The summed E-state index contributed by atoms with van der Waals surface area (Å²) in [5.74, 6) is -0.172. The molecule has 24 heavy (non-hydrogen) atoms. The molecule has 0 saturated carbocycles. The number of anilines is 1. The summed E-state index contributed by atoms with van der Waals surface area (Å²) in [6.45, 7) is 9.13. The fourth-order valence-corrected chi connectivity index (χ4v) is 3.64. The lowest BCUT2D eigenvalue weighted by atomic mass is 9.98. The highest BCUT2D eigenvalue weighted by atomic mass is 32.1. The zero-order chi connectivity index (χ0) is 17.3. The second-order valence-electron chi connectivity index (χ2n) is 7.04. The second-order valence-corrected chi connectivity index (χ2v) is 8.07. The van der Waals surface area contributed by atoms with E-state index in [0.29, 0.717) is 18.0 Å². The Hall–Kier alpha value is -1.95. The summed E-state index contributed by atoms with van der Waals surface area (Å²) in [6.07, 6.45) is 1.69. The van der Waals surface area contributed by atoms with Crippen molar-refractivity contribution in [3.63, 3.8) is 0 Å². The third-order valence-corrected chi connectivity index (χ3v) is 5.53. The van der Waals surface area contributed by atoms with E-state index in [1.54, 1.807) is 18.3 Å². The van der Waals surface area contributed by atoms with Crippen molar-refractivity contribution in [3.8, 4) is 0 Å². The Morgan fingerprint density at radius 3 is 2.29 bits per heavy atom. The van der Waals surface area contributed by atoms with E-state index >= 15 is 0 Å². The molecule has 2 heterocycles. The number of piperazine rings is 1. The summed E-state index contributed by atoms with van der Waals surface area (Å²) in [6, 6.07) is 6.51. The van der Waals surface area contributed by atoms with Crippen molar-refractivity contribution in [1.29, 1.82) is 0 Å². The first kappa shape index (κ1) is 16.9. The SMILES string of the molecule is CC(C)(C)c1ncc(C(=O)N2CCN(c3ccc(F)cc3)CC2)s1. The van der Waals surface area contributed by atoms with Crippen molar-refractivity contribution in [2.45, 2.75) is 26.2 Å². The molecule has 2 aromatic rings. The molecule has 0 atom stereocenters. The van der Waals surface area contributed by atoms with Crippen molar-refractivity contribution >= 4 is 22.9 Å². The molecule has 1 aliphatic heterocycles. The Bertz CT molecular complexity index is 713. The molecule has 0 spiro atoms. The highest BCUT2D eigenvalue weighted by Crippen LogP contribution is 2.28. The van der Waals surface area contributed by atoms with Crippen LogP contribution < -0.4 is 4.90 Å². The van der Waals surface area contributed by atoms with Gasteiger partial charge in [-0.3, -0.25) is 4.79 Å². The van der Waals surface area contributed by atoms with E-state index in [2.05, 4.69) is 30.7 Å². The van der Waals surface area contributed by atoms with Crippen LogP contribution in [0.25, 0.3) is 0 Å². The summed E-state index contributed by atoms with van der Waals surface area (Å²) in [7, 11) is 0. The summed E-state index contributed by atoms with van der Waals surface area (Å²) in [4.78, 5) is 21.8. The summed E-state index contributed by atoms with van der Waals surface area (Å²) in [5.41, 5.74) is 0.959. The molecule has 0 radical (unpaired) electrons. The maximum atomic E-state index is 13.0. The zero-order valence-corrected chi connectivity index (χ0v) is 15.1. The minimum atomic E-state index is -0.229. The van der Waals surface area contributed by atoms with E-state index in [4.69, 9.17) is 0 Å². The maximum absolute atomic E-state index is 13.0. The molecule has 6 heteroatoms. The van der Waals surface area contributed by atoms with Gasteiger partial charge in [0.05, 0.1) is 11.2 Å². The molecule has 1 aromatic carbocycles. The van der Waals surface area contributed by atoms with Gasteiger partial charge in [-0.25, -0.2) is 9.37 Å². The summed E-state index contributed by atoms with van der Waals surface area (Å²) < 4.78 is 13.0. The van der Waals surface area contributed by atoms with Gasteiger partial charge in [-0.15, -0.1) is 11.3 Å². The smallest absolute Gasteiger partial charge is 0.265 e. The van der Waals surface area contributed by atoms with Crippen molar-refractivity contribution in [3.05, 3.63) is 46.2 Å². The van der Waals surface area contributed by atoms with E-state index in [1.807, 2.05) is 4.90 Å². The number of amides is 1. The van der Waals surface area contributed by atoms with Crippen molar-refractivity contribution in [1.82, 2.24) is 9.88 Å². The molecule has 0 unspecified atom stereocenters. The standard InChI is InChI=1S/C18H22FN3OS/c1-18(2,3)17-20-12-15(24-17)16(23)22-10-8-21(9-11-22)14-6-4-13(19)5-7-14/h4-7,12H,8-11H2,1-3H3. The van der Waals surface area contributed by atoms with Gasteiger partial charge in [-0.05, 0) is 24.3 Å². The van der Waals surface area contributed by atoms with E-state index in [0.717, 1.165) is 23.8 Å². The molecule has 1 aromatic heterocycles. The number of benzene rings is 1. The lowest BCUT2D eigenvalue weighted by Gasteiger charge is -2.35. The Morgan fingerprint density at radius 1 is 1.12 bits per heavy atom. The first-order valence-electron chi connectivity index (χ1n) is 8.11. The normalized spacial score (nSPS) is 15.7. The molecular weight excluding hydrogens is 325 g/mol. The van der Waals surface area contributed by atoms with Crippen LogP contribution in [0.15, 0.2) is 30.5 Å². The third kappa shape index (κ3) is 3.59. The van der Waals surface area contributed by atoms with Gasteiger partial charge in [0.15, 0.2) is 0 Å². The van der Waals surface area contributed by atoms with Gasteiger partial charge in [0, 0.05) is 37.3 Å². The molecule has 1 amide bonds. The van der Waals surface area contributed by atoms with Gasteiger partial charge in [-0.2, -0.15) is 0 Å². The molecule has 0 aliphatic carbocycles. The predicted octanol–water partition coefficient (Wildman–Crippen LogP) is 3.54. The van der Waals surface area contributed by atoms with Crippen LogP contribution in [-0.2, 0) is 5.41 Å². The van der Waals surface area contributed by atoms with Crippen LogP contribution in [-0.4, -0.2) is 42.0 Å². The molecule has 128 valence electrons. The summed E-state index contributed by atoms with van der Waals surface area (Å²) >= 11 is 1.48.